The molecular formula is C48H39Cl15F6O6. The number of aliphatic hydroxyl groups excluding tert-OH is 6. The van der Waals surface area contributed by atoms with Gasteiger partial charge in [-0.05, 0) is 113 Å². The molecule has 0 atom stereocenters. The Balaban J connectivity index is 0.000000451. The topological polar surface area (TPSA) is 121 Å². The molecular weight excluding hydrogens is 1320 g/mol. The molecule has 0 aromatic heterocycles. The minimum Gasteiger partial charge on any atom is -0.392 e. The Bertz CT molecular complexity index is 2730. The van der Waals surface area contributed by atoms with Crippen molar-refractivity contribution in [2.45, 2.75) is 65.5 Å². The monoisotopic (exact) mass is 1350 g/mol. The largest absolute Gasteiger partial charge is 0.392 e. The van der Waals surface area contributed by atoms with Crippen molar-refractivity contribution in [3.63, 3.8) is 0 Å². The number of alkyl halides is 15. The molecule has 0 spiro atoms. The van der Waals surface area contributed by atoms with Crippen LogP contribution in [0.5, 0.6) is 0 Å². The first-order valence-electron chi connectivity index (χ1n) is 20.2. The Morgan fingerprint density at radius 3 is 1.24 bits per heavy atom. The Morgan fingerprint density at radius 1 is 0.320 bits per heavy atom. The maximum atomic E-state index is 13.2. The summed E-state index contributed by atoms with van der Waals surface area (Å²) in [5.74, 6) is -3.00. The molecule has 0 saturated heterocycles. The predicted octanol–water partition coefficient (Wildman–Crippen LogP) is 17.3. The fourth-order valence-corrected chi connectivity index (χ4v) is 7.73. The van der Waals surface area contributed by atoms with E-state index in [9.17, 15) is 26.3 Å². The van der Waals surface area contributed by atoms with Crippen LogP contribution in [0, 0.1) is 41.8 Å². The van der Waals surface area contributed by atoms with Crippen LogP contribution in [0.3, 0.4) is 0 Å². The van der Waals surface area contributed by atoms with Crippen LogP contribution in [0.1, 0.15) is 66.8 Å². The summed E-state index contributed by atoms with van der Waals surface area (Å²) in [5, 5.41) is 52.6. The summed E-state index contributed by atoms with van der Waals surface area (Å²) in [5.41, 5.74) is 3.78. The van der Waals surface area contributed by atoms with Gasteiger partial charge in [0.2, 0.25) is 19.0 Å². The molecule has 0 fully saturated rings. The van der Waals surface area contributed by atoms with E-state index in [1.807, 2.05) is 0 Å². The minimum absolute atomic E-state index is 0.0188. The van der Waals surface area contributed by atoms with E-state index in [2.05, 4.69) is 0 Å². The van der Waals surface area contributed by atoms with E-state index in [0.29, 0.717) is 38.9 Å². The van der Waals surface area contributed by atoms with E-state index in [4.69, 9.17) is 205 Å². The highest BCUT2D eigenvalue weighted by molar-refractivity contribution is 6.68. The normalized spacial score (nSPS) is 11.5. The van der Waals surface area contributed by atoms with Gasteiger partial charge in [0.1, 0.15) is 34.9 Å². The number of halogens is 21. The lowest BCUT2D eigenvalue weighted by Gasteiger charge is -2.14. The second-order valence-corrected chi connectivity index (χ2v) is 25.9. The summed E-state index contributed by atoms with van der Waals surface area (Å²) < 4.78 is 68.6. The fraction of sp³-hybridized carbons (Fsp3) is 0.250. The second kappa shape index (κ2) is 33.1. The fourth-order valence-electron chi connectivity index (χ4n) is 5.42. The number of aliphatic hydroxyl groups is 6. The first-order valence-corrected chi connectivity index (χ1v) is 25.8. The van der Waals surface area contributed by atoms with Crippen molar-refractivity contribution in [1.82, 2.24) is 0 Å². The molecule has 27 heteroatoms. The van der Waals surface area contributed by atoms with Crippen molar-refractivity contribution < 1.29 is 57.0 Å². The molecule has 0 saturated carbocycles. The van der Waals surface area contributed by atoms with Crippen LogP contribution < -0.4 is 0 Å². The molecule has 6 rings (SSSR count). The highest BCUT2D eigenvalue weighted by Gasteiger charge is 2.29. The summed E-state index contributed by atoms with van der Waals surface area (Å²) in [7, 11) is 0. The number of hydrogen-bond donors (Lipinski definition) is 6. The van der Waals surface area contributed by atoms with E-state index in [1.165, 1.54) is 66.7 Å². The first kappa shape index (κ1) is 72.0. The summed E-state index contributed by atoms with van der Waals surface area (Å²) >= 11 is 83.1. The van der Waals surface area contributed by atoms with Gasteiger partial charge in [0.25, 0.3) is 0 Å². The SMILES string of the molecule is Cc1c(F)cccc1CO.OCc1cc(F)cc(C(Cl)(Cl)Cl)c1.OCc1cc(F)ccc1C(Cl)(Cl)Cl.OCc1ccc(C(Cl)(Cl)Cl)c(F)c1.OCc1ccc(F)c(C(Cl)(Cl)Cl)c1.OCc1ccc(F)cc1C(Cl)(Cl)Cl. The molecule has 0 heterocycles. The second-order valence-electron chi connectivity index (χ2n) is 14.5. The van der Waals surface area contributed by atoms with Gasteiger partial charge in [-0.1, -0.05) is 216 Å². The van der Waals surface area contributed by atoms with Gasteiger partial charge in [-0.25, -0.2) is 26.3 Å². The van der Waals surface area contributed by atoms with Crippen LogP contribution in [0.2, 0.25) is 0 Å². The molecule has 414 valence electrons. The van der Waals surface area contributed by atoms with E-state index in [-0.39, 0.29) is 73.3 Å². The molecule has 0 bridgehead atoms. The summed E-state index contributed by atoms with van der Waals surface area (Å²) in [6, 6.07) is 23.6. The van der Waals surface area contributed by atoms with Gasteiger partial charge < -0.3 is 30.6 Å². The van der Waals surface area contributed by atoms with Gasteiger partial charge in [0.15, 0.2) is 0 Å². The number of benzene rings is 6. The molecule has 6 nitrogen and oxygen atoms in total. The summed E-state index contributed by atoms with van der Waals surface area (Å²) in [6.45, 7) is 0.172. The molecule has 0 aliphatic rings. The maximum Gasteiger partial charge on any atom is 0.218 e. The standard InChI is InChI=1S/5C8H6Cl3FO.C8H9FO/c9-8(10,11)6-1-5(4-13)2-7(12)3-6;9-8(10,11)7-2-1-6(12)3-5(7)4-13;9-8(10,11)7-3-6(12)2-1-5(7)4-13;9-8(10,11)6-3-5(4-13)1-2-7(6)12;9-8(10,11)6-2-1-5(4-13)3-7(6)12;1-6-7(5-10)3-2-4-8(6)9/h5*1-3,13H,4H2;2-4,10H,5H2,1H3. The van der Waals surface area contributed by atoms with Crippen LogP contribution in [-0.2, 0) is 58.6 Å². The summed E-state index contributed by atoms with van der Waals surface area (Å²) in [4.78, 5) is 0. The van der Waals surface area contributed by atoms with Gasteiger partial charge in [-0.15, -0.1) is 0 Å². The first-order chi connectivity index (χ1) is 34.5. The Morgan fingerprint density at radius 2 is 0.787 bits per heavy atom. The average Bonchev–Trinajstić information content (AvgIpc) is 3.31. The maximum absolute atomic E-state index is 13.2. The van der Waals surface area contributed by atoms with Crippen LogP contribution in [0.4, 0.5) is 26.3 Å². The van der Waals surface area contributed by atoms with Crippen LogP contribution in [-0.4, -0.2) is 30.6 Å². The van der Waals surface area contributed by atoms with Gasteiger partial charge in [0.05, 0.1) is 39.6 Å². The molecule has 75 heavy (non-hydrogen) atoms. The predicted molar refractivity (Wildman–Crippen MR) is 295 cm³/mol. The quantitative estimate of drug-likeness (QED) is 0.0730. The van der Waals surface area contributed by atoms with E-state index >= 15 is 0 Å². The third kappa shape index (κ3) is 26.0. The van der Waals surface area contributed by atoms with Crippen molar-refractivity contribution in [1.29, 1.82) is 0 Å². The average molecular weight is 1360 g/mol. The van der Waals surface area contributed by atoms with Gasteiger partial charge >= 0.3 is 0 Å². The van der Waals surface area contributed by atoms with E-state index in [0.717, 1.165) is 30.3 Å². The minimum atomic E-state index is -1.80. The van der Waals surface area contributed by atoms with E-state index in [1.54, 1.807) is 19.1 Å². The molecule has 6 aromatic rings. The van der Waals surface area contributed by atoms with Crippen LogP contribution in [0.15, 0.2) is 109 Å². The molecule has 0 radical (unpaired) electrons. The third-order valence-corrected chi connectivity index (χ3v) is 12.2. The molecule has 0 aliphatic carbocycles. The van der Waals surface area contributed by atoms with E-state index < -0.39 is 48.0 Å². The number of hydrogen-bond acceptors (Lipinski definition) is 6. The van der Waals surface area contributed by atoms with Crippen molar-refractivity contribution in [2.75, 3.05) is 0 Å². The lowest BCUT2D eigenvalue weighted by molar-refractivity contribution is 0.280. The highest BCUT2D eigenvalue weighted by atomic mass is 35.6. The van der Waals surface area contributed by atoms with Crippen molar-refractivity contribution >= 4 is 174 Å². The molecule has 0 amide bonds. The zero-order valence-electron chi connectivity index (χ0n) is 37.8. The van der Waals surface area contributed by atoms with Crippen molar-refractivity contribution in [2.24, 2.45) is 0 Å². The zero-order chi connectivity index (χ0) is 57.9. The Hall–Kier alpha value is -0.990. The van der Waals surface area contributed by atoms with Gasteiger partial charge in [0, 0.05) is 27.8 Å². The third-order valence-electron chi connectivity index (χ3n) is 9.15. The molecule has 0 aliphatic heterocycles. The number of rotatable bonds is 6. The smallest absolute Gasteiger partial charge is 0.218 e. The van der Waals surface area contributed by atoms with Crippen LogP contribution in [0.25, 0.3) is 0 Å². The van der Waals surface area contributed by atoms with Crippen molar-refractivity contribution in [3.05, 3.63) is 211 Å². The summed E-state index contributed by atoms with van der Waals surface area (Å²) in [6.07, 6.45) is 0. The van der Waals surface area contributed by atoms with Gasteiger partial charge in [-0.2, -0.15) is 0 Å². The molecule has 0 unspecified atom stereocenters. The Labute approximate surface area is 502 Å². The highest BCUT2D eigenvalue weighted by Crippen LogP contribution is 2.43. The Kier molecular flexibility index (Phi) is 31.7. The van der Waals surface area contributed by atoms with Crippen molar-refractivity contribution in [3.8, 4) is 0 Å². The molecule has 6 N–H and O–H groups in total. The zero-order valence-corrected chi connectivity index (χ0v) is 49.1. The van der Waals surface area contributed by atoms with Crippen LogP contribution >= 0.6 is 174 Å². The van der Waals surface area contributed by atoms with Gasteiger partial charge in [-0.3, -0.25) is 0 Å². The lowest BCUT2D eigenvalue weighted by atomic mass is 10.1. The molecule has 6 aromatic carbocycles. The lowest BCUT2D eigenvalue weighted by Crippen LogP contribution is -2.05.